The zero-order valence-corrected chi connectivity index (χ0v) is 12.1. The van der Waals surface area contributed by atoms with E-state index in [4.69, 9.17) is 0 Å². The summed E-state index contributed by atoms with van der Waals surface area (Å²) in [5.41, 5.74) is -0.839. The summed E-state index contributed by atoms with van der Waals surface area (Å²) < 4.78 is 38.3. The average molecular weight is 303 g/mol. The van der Waals surface area contributed by atoms with Gasteiger partial charge in [0.05, 0.1) is 18.1 Å². The summed E-state index contributed by atoms with van der Waals surface area (Å²) >= 11 is 0. The second-order valence-corrected chi connectivity index (χ2v) is 5.28. The minimum Gasteiger partial charge on any atom is -0.393 e. The molecule has 1 aromatic carbocycles. The van der Waals surface area contributed by atoms with Crippen LogP contribution in [0.1, 0.15) is 31.4 Å². The van der Waals surface area contributed by atoms with Crippen LogP contribution in [0, 0.1) is 5.92 Å². The van der Waals surface area contributed by atoms with Crippen molar-refractivity contribution >= 4 is 5.91 Å². The largest absolute Gasteiger partial charge is 0.416 e. The van der Waals surface area contributed by atoms with E-state index in [-0.39, 0.29) is 24.4 Å². The predicted molar refractivity (Wildman–Crippen MR) is 73.6 cm³/mol. The van der Waals surface area contributed by atoms with E-state index in [0.29, 0.717) is 6.42 Å². The number of aliphatic hydroxyl groups is 1. The van der Waals surface area contributed by atoms with Crippen LogP contribution >= 0.6 is 0 Å². The van der Waals surface area contributed by atoms with Gasteiger partial charge in [-0.15, -0.1) is 0 Å². The van der Waals surface area contributed by atoms with Crippen molar-refractivity contribution in [1.82, 2.24) is 5.32 Å². The summed E-state index contributed by atoms with van der Waals surface area (Å²) in [6.45, 7) is 3.95. The Balaban J connectivity index is 2.56. The molecule has 21 heavy (non-hydrogen) atoms. The molecule has 0 fully saturated rings. The molecule has 3 nitrogen and oxygen atoms in total. The fourth-order valence-electron chi connectivity index (χ4n) is 1.88. The Hall–Kier alpha value is -1.56. The number of nitrogens with one attached hydrogen (secondary N) is 1. The van der Waals surface area contributed by atoms with Crippen LogP contribution in [0.5, 0.6) is 0 Å². The number of carbonyl (C=O) groups is 1. The lowest BCUT2D eigenvalue weighted by Gasteiger charge is -2.15. The van der Waals surface area contributed by atoms with Crippen molar-refractivity contribution in [3.63, 3.8) is 0 Å². The number of amides is 1. The first-order valence-electron chi connectivity index (χ1n) is 6.81. The molecule has 0 aromatic heterocycles. The summed E-state index contributed by atoms with van der Waals surface area (Å²) in [6.07, 6.45) is -4.95. The van der Waals surface area contributed by atoms with Crippen molar-refractivity contribution in [2.75, 3.05) is 6.54 Å². The molecule has 0 saturated heterocycles. The van der Waals surface area contributed by atoms with Crippen LogP contribution in [0.4, 0.5) is 13.2 Å². The Kier molecular flexibility index (Phi) is 6.20. The fraction of sp³-hybridized carbons (Fsp3) is 0.533. The third kappa shape index (κ3) is 5.75. The minimum atomic E-state index is -4.47. The molecule has 1 unspecified atom stereocenters. The van der Waals surface area contributed by atoms with Crippen molar-refractivity contribution in [2.45, 2.75) is 39.0 Å². The third-order valence-corrected chi connectivity index (χ3v) is 3.21. The van der Waals surface area contributed by atoms with Gasteiger partial charge in [-0.05, 0) is 24.0 Å². The first-order chi connectivity index (χ1) is 9.71. The van der Waals surface area contributed by atoms with E-state index in [1.807, 2.05) is 13.8 Å². The van der Waals surface area contributed by atoms with E-state index < -0.39 is 23.8 Å². The lowest BCUT2D eigenvalue weighted by Crippen LogP contribution is -2.30. The Bertz CT molecular complexity index is 472. The van der Waals surface area contributed by atoms with Gasteiger partial charge >= 0.3 is 6.18 Å². The molecule has 1 aromatic rings. The van der Waals surface area contributed by atoms with Crippen LogP contribution in [0.3, 0.4) is 0 Å². The van der Waals surface area contributed by atoms with E-state index in [1.165, 1.54) is 18.2 Å². The van der Waals surface area contributed by atoms with Crippen molar-refractivity contribution in [2.24, 2.45) is 5.92 Å². The SMILES string of the molecule is CC(C)C(O)CCNC(=O)Cc1ccccc1C(F)(F)F. The maximum Gasteiger partial charge on any atom is 0.416 e. The molecule has 1 rings (SSSR count). The molecular formula is C15H20F3NO2. The minimum absolute atomic E-state index is 0.0492. The summed E-state index contributed by atoms with van der Waals surface area (Å²) in [4.78, 5) is 11.7. The molecule has 0 saturated carbocycles. The first-order valence-corrected chi connectivity index (χ1v) is 6.81. The molecule has 1 atom stereocenters. The second-order valence-electron chi connectivity index (χ2n) is 5.28. The number of aliphatic hydroxyl groups excluding tert-OH is 1. The predicted octanol–water partition coefficient (Wildman–Crippen LogP) is 2.77. The maximum atomic E-state index is 12.8. The third-order valence-electron chi connectivity index (χ3n) is 3.21. The van der Waals surface area contributed by atoms with Gasteiger partial charge in [0, 0.05) is 6.54 Å². The van der Waals surface area contributed by atoms with E-state index >= 15 is 0 Å². The number of halogens is 3. The number of rotatable bonds is 6. The Morgan fingerprint density at radius 2 is 1.90 bits per heavy atom. The van der Waals surface area contributed by atoms with Crippen LogP contribution in [-0.2, 0) is 17.4 Å². The summed E-state index contributed by atoms with van der Waals surface area (Å²) in [5, 5.41) is 12.1. The molecule has 0 spiro atoms. The molecule has 0 bridgehead atoms. The smallest absolute Gasteiger partial charge is 0.393 e. The van der Waals surface area contributed by atoms with Crippen molar-refractivity contribution in [3.8, 4) is 0 Å². The number of hydrogen-bond donors (Lipinski definition) is 2. The number of benzene rings is 1. The van der Waals surface area contributed by atoms with Gasteiger partial charge in [0.25, 0.3) is 0 Å². The first kappa shape index (κ1) is 17.5. The monoisotopic (exact) mass is 303 g/mol. The van der Waals surface area contributed by atoms with Gasteiger partial charge in [-0.1, -0.05) is 32.0 Å². The Labute approximate surface area is 122 Å². The Morgan fingerprint density at radius 1 is 1.29 bits per heavy atom. The lowest BCUT2D eigenvalue weighted by molar-refractivity contribution is -0.138. The molecule has 118 valence electrons. The maximum absolute atomic E-state index is 12.8. The average Bonchev–Trinajstić information content (AvgIpc) is 2.37. The van der Waals surface area contributed by atoms with Gasteiger partial charge in [0.1, 0.15) is 0 Å². The van der Waals surface area contributed by atoms with Gasteiger partial charge < -0.3 is 10.4 Å². The van der Waals surface area contributed by atoms with Crippen molar-refractivity contribution in [1.29, 1.82) is 0 Å². The molecule has 6 heteroatoms. The van der Waals surface area contributed by atoms with Crippen LogP contribution in [-0.4, -0.2) is 23.7 Å². The van der Waals surface area contributed by atoms with Crippen molar-refractivity contribution < 1.29 is 23.1 Å². The molecule has 1 amide bonds. The topological polar surface area (TPSA) is 49.3 Å². The highest BCUT2D eigenvalue weighted by Crippen LogP contribution is 2.31. The quantitative estimate of drug-likeness (QED) is 0.849. The molecule has 0 aliphatic rings. The van der Waals surface area contributed by atoms with Gasteiger partial charge in [-0.3, -0.25) is 4.79 Å². The number of hydrogen-bond acceptors (Lipinski definition) is 2. The Morgan fingerprint density at radius 3 is 2.48 bits per heavy atom. The summed E-state index contributed by atoms with van der Waals surface area (Å²) in [6, 6.07) is 5.03. The highest BCUT2D eigenvalue weighted by atomic mass is 19.4. The van der Waals surface area contributed by atoms with E-state index in [0.717, 1.165) is 6.07 Å². The fourth-order valence-corrected chi connectivity index (χ4v) is 1.88. The normalized spacial score (nSPS) is 13.3. The lowest BCUT2D eigenvalue weighted by atomic mass is 10.0. The van der Waals surface area contributed by atoms with Crippen LogP contribution in [0.2, 0.25) is 0 Å². The molecule has 0 aliphatic carbocycles. The zero-order chi connectivity index (χ0) is 16.0. The highest BCUT2D eigenvalue weighted by Gasteiger charge is 2.33. The zero-order valence-electron chi connectivity index (χ0n) is 12.1. The van der Waals surface area contributed by atoms with Crippen LogP contribution in [0.15, 0.2) is 24.3 Å². The van der Waals surface area contributed by atoms with E-state index in [9.17, 15) is 23.1 Å². The molecule has 0 heterocycles. The van der Waals surface area contributed by atoms with Crippen molar-refractivity contribution in [3.05, 3.63) is 35.4 Å². The second kappa shape index (κ2) is 7.45. The van der Waals surface area contributed by atoms with E-state index in [2.05, 4.69) is 5.32 Å². The standard InChI is InChI=1S/C15H20F3NO2/c1-10(2)13(20)7-8-19-14(21)9-11-5-3-4-6-12(11)15(16,17)18/h3-6,10,13,20H,7-9H2,1-2H3,(H,19,21). The molecular weight excluding hydrogens is 283 g/mol. The van der Waals surface area contributed by atoms with Gasteiger partial charge in [0.15, 0.2) is 0 Å². The van der Waals surface area contributed by atoms with Gasteiger partial charge in [-0.2, -0.15) is 13.2 Å². The summed E-state index contributed by atoms with van der Waals surface area (Å²) in [7, 11) is 0. The van der Waals surface area contributed by atoms with E-state index in [1.54, 1.807) is 0 Å². The molecule has 0 radical (unpaired) electrons. The van der Waals surface area contributed by atoms with Crippen LogP contribution in [0.25, 0.3) is 0 Å². The number of alkyl halides is 3. The summed E-state index contributed by atoms with van der Waals surface area (Å²) in [5.74, 6) is -0.407. The molecule has 2 N–H and O–H groups in total. The number of carbonyl (C=O) groups excluding carboxylic acids is 1. The van der Waals surface area contributed by atoms with Gasteiger partial charge in [0.2, 0.25) is 5.91 Å². The highest BCUT2D eigenvalue weighted by molar-refractivity contribution is 5.78. The van der Waals surface area contributed by atoms with Crippen LogP contribution < -0.4 is 5.32 Å². The van der Waals surface area contributed by atoms with Gasteiger partial charge in [-0.25, -0.2) is 0 Å². The molecule has 0 aliphatic heterocycles.